The SMILES string of the molecule is O=Nc1ccc(CCCCCCCCCCOCCCCCCCCCCc2ccc(N=O)cc2)cc1. The summed E-state index contributed by atoms with van der Waals surface area (Å²) in [6, 6.07) is 15.3. The van der Waals surface area contributed by atoms with Crippen molar-refractivity contribution in [2.45, 2.75) is 116 Å². The number of aryl methyl sites for hydroxylation is 2. The zero-order chi connectivity index (χ0) is 26.2. The fraction of sp³-hybridized carbons (Fsp3) is 0.625. The lowest BCUT2D eigenvalue weighted by Gasteiger charge is -2.06. The summed E-state index contributed by atoms with van der Waals surface area (Å²) in [7, 11) is 0. The summed E-state index contributed by atoms with van der Waals surface area (Å²) in [5.41, 5.74) is 3.62. The van der Waals surface area contributed by atoms with Gasteiger partial charge in [0, 0.05) is 13.2 Å². The van der Waals surface area contributed by atoms with Crippen molar-refractivity contribution in [1.82, 2.24) is 0 Å². The van der Waals surface area contributed by atoms with Gasteiger partial charge in [-0.25, -0.2) is 0 Å². The molecule has 0 N–H and O–H groups in total. The minimum atomic E-state index is 0.513. The molecule has 2 rings (SSSR count). The van der Waals surface area contributed by atoms with E-state index in [1.807, 2.05) is 24.3 Å². The summed E-state index contributed by atoms with van der Waals surface area (Å²) in [4.78, 5) is 20.9. The monoisotopic (exact) mass is 508 g/mol. The normalized spacial score (nSPS) is 11.0. The molecule has 0 saturated heterocycles. The first-order valence-electron chi connectivity index (χ1n) is 14.7. The van der Waals surface area contributed by atoms with Crippen molar-refractivity contribution in [2.75, 3.05) is 13.2 Å². The third kappa shape index (κ3) is 16.1. The van der Waals surface area contributed by atoms with Crippen LogP contribution in [-0.2, 0) is 17.6 Å². The van der Waals surface area contributed by atoms with Gasteiger partial charge < -0.3 is 4.74 Å². The van der Waals surface area contributed by atoms with Crippen LogP contribution in [0.25, 0.3) is 0 Å². The van der Waals surface area contributed by atoms with E-state index in [1.54, 1.807) is 24.3 Å². The maximum atomic E-state index is 10.4. The largest absolute Gasteiger partial charge is 0.381 e. The van der Waals surface area contributed by atoms with Gasteiger partial charge in [-0.3, -0.25) is 0 Å². The van der Waals surface area contributed by atoms with Gasteiger partial charge >= 0.3 is 0 Å². The Morgan fingerprint density at radius 1 is 0.405 bits per heavy atom. The molecule has 0 fully saturated rings. The van der Waals surface area contributed by atoms with E-state index in [2.05, 4.69) is 10.4 Å². The number of benzene rings is 2. The van der Waals surface area contributed by atoms with Crippen LogP contribution in [0.3, 0.4) is 0 Å². The van der Waals surface area contributed by atoms with Crippen molar-refractivity contribution < 1.29 is 4.74 Å². The molecule has 2 aromatic carbocycles. The van der Waals surface area contributed by atoms with Gasteiger partial charge in [0.2, 0.25) is 0 Å². The number of nitrogens with zero attached hydrogens (tertiary/aromatic N) is 2. The van der Waals surface area contributed by atoms with Gasteiger partial charge in [-0.15, -0.1) is 9.81 Å². The third-order valence-corrected chi connectivity index (χ3v) is 7.09. The van der Waals surface area contributed by atoms with Crippen LogP contribution in [0.1, 0.15) is 114 Å². The molecule has 0 aromatic heterocycles. The highest BCUT2D eigenvalue weighted by Gasteiger charge is 1.98. The molecular formula is C32H48N2O3. The Morgan fingerprint density at radius 2 is 0.703 bits per heavy atom. The molecule has 0 aliphatic rings. The average molecular weight is 509 g/mol. The Hall–Kier alpha value is -2.40. The molecule has 204 valence electrons. The topological polar surface area (TPSA) is 68.1 Å². The smallest absolute Gasteiger partial charge is 0.108 e. The first kappa shape index (κ1) is 30.8. The average Bonchev–Trinajstić information content (AvgIpc) is 2.94. The first-order chi connectivity index (χ1) is 18.3. The Labute approximate surface area is 224 Å². The molecule has 2 aromatic rings. The van der Waals surface area contributed by atoms with Gasteiger partial charge in [0.1, 0.15) is 11.4 Å². The van der Waals surface area contributed by atoms with E-state index in [0.29, 0.717) is 11.4 Å². The number of nitroso groups, excluding NO2 is 2. The standard InChI is InChI=1S/C32H48N2O3/c35-33-31-23-19-29(20-24-31)17-13-9-5-1-3-7-11-15-27-37-28-16-12-8-4-2-6-10-14-18-30-21-25-32(34-36)26-22-30/h19-26H,1-18,27-28H2. The summed E-state index contributed by atoms with van der Waals surface area (Å²) < 4.78 is 5.82. The predicted molar refractivity (Wildman–Crippen MR) is 156 cm³/mol. The van der Waals surface area contributed by atoms with Crippen LogP contribution < -0.4 is 0 Å². The Balaban J connectivity index is 1.23. The van der Waals surface area contributed by atoms with Crippen LogP contribution in [0.5, 0.6) is 0 Å². The fourth-order valence-corrected chi connectivity index (χ4v) is 4.74. The molecule has 37 heavy (non-hydrogen) atoms. The molecule has 0 radical (unpaired) electrons. The number of ether oxygens (including phenoxy) is 1. The van der Waals surface area contributed by atoms with E-state index >= 15 is 0 Å². The van der Waals surface area contributed by atoms with Crippen LogP contribution in [0.4, 0.5) is 11.4 Å². The second-order valence-electron chi connectivity index (χ2n) is 10.3. The van der Waals surface area contributed by atoms with E-state index in [1.165, 1.54) is 114 Å². The van der Waals surface area contributed by atoms with Crippen molar-refractivity contribution in [3.05, 3.63) is 69.5 Å². The van der Waals surface area contributed by atoms with Crippen molar-refractivity contribution in [1.29, 1.82) is 0 Å². The van der Waals surface area contributed by atoms with E-state index in [9.17, 15) is 9.81 Å². The molecular weight excluding hydrogens is 460 g/mol. The molecule has 0 bridgehead atoms. The van der Waals surface area contributed by atoms with E-state index in [4.69, 9.17) is 4.74 Å². The second-order valence-corrected chi connectivity index (χ2v) is 10.3. The summed E-state index contributed by atoms with van der Waals surface area (Å²) in [6.45, 7) is 1.85. The first-order valence-corrected chi connectivity index (χ1v) is 14.7. The van der Waals surface area contributed by atoms with Crippen molar-refractivity contribution in [3.63, 3.8) is 0 Å². The lowest BCUT2D eigenvalue weighted by atomic mass is 10.0. The predicted octanol–water partition coefficient (Wildman–Crippen LogP) is 10.5. The summed E-state index contributed by atoms with van der Waals surface area (Å²) >= 11 is 0. The number of hydrogen-bond acceptors (Lipinski definition) is 5. The molecule has 0 saturated carbocycles. The van der Waals surface area contributed by atoms with Gasteiger partial charge in [0.25, 0.3) is 0 Å². The zero-order valence-electron chi connectivity index (χ0n) is 22.9. The Morgan fingerprint density at radius 3 is 1.03 bits per heavy atom. The van der Waals surface area contributed by atoms with Crippen LogP contribution >= 0.6 is 0 Å². The van der Waals surface area contributed by atoms with Crippen molar-refractivity contribution in [3.8, 4) is 0 Å². The lowest BCUT2D eigenvalue weighted by Crippen LogP contribution is -1.97. The third-order valence-electron chi connectivity index (χ3n) is 7.09. The number of rotatable bonds is 24. The van der Waals surface area contributed by atoms with Gasteiger partial charge in [-0.05, 0) is 84.3 Å². The van der Waals surface area contributed by atoms with Crippen LogP contribution in [-0.4, -0.2) is 13.2 Å². The minimum absolute atomic E-state index is 0.513. The van der Waals surface area contributed by atoms with E-state index < -0.39 is 0 Å². The van der Waals surface area contributed by atoms with Crippen LogP contribution in [0, 0.1) is 9.81 Å². The second kappa shape index (κ2) is 21.7. The lowest BCUT2D eigenvalue weighted by molar-refractivity contribution is 0.125. The maximum Gasteiger partial charge on any atom is 0.108 e. The quantitative estimate of drug-likeness (QED) is 0.105. The summed E-state index contributed by atoms with van der Waals surface area (Å²) in [6.07, 6.45) is 22.8. The molecule has 0 spiro atoms. The highest BCUT2D eigenvalue weighted by molar-refractivity contribution is 5.39. The molecule has 0 aliphatic carbocycles. The molecule has 0 unspecified atom stereocenters. The van der Waals surface area contributed by atoms with E-state index in [-0.39, 0.29) is 0 Å². The van der Waals surface area contributed by atoms with Crippen LogP contribution in [0.2, 0.25) is 0 Å². The minimum Gasteiger partial charge on any atom is -0.381 e. The van der Waals surface area contributed by atoms with Gasteiger partial charge in [0.15, 0.2) is 0 Å². The van der Waals surface area contributed by atoms with Gasteiger partial charge in [0.05, 0.1) is 0 Å². The molecule has 0 amide bonds. The van der Waals surface area contributed by atoms with Crippen molar-refractivity contribution in [2.24, 2.45) is 10.4 Å². The van der Waals surface area contributed by atoms with E-state index in [0.717, 1.165) is 26.1 Å². The summed E-state index contributed by atoms with van der Waals surface area (Å²) in [5.74, 6) is 0. The highest BCUT2D eigenvalue weighted by Crippen LogP contribution is 2.17. The molecule has 0 atom stereocenters. The van der Waals surface area contributed by atoms with Crippen molar-refractivity contribution >= 4 is 11.4 Å². The zero-order valence-corrected chi connectivity index (χ0v) is 22.9. The molecule has 5 nitrogen and oxygen atoms in total. The molecule has 0 heterocycles. The summed E-state index contributed by atoms with van der Waals surface area (Å²) in [5, 5.41) is 5.89. The molecule has 0 aliphatic heterocycles. The fourth-order valence-electron chi connectivity index (χ4n) is 4.74. The van der Waals surface area contributed by atoms with Gasteiger partial charge in [-0.2, -0.15) is 0 Å². The Kier molecular flexibility index (Phi) is 18.0. The maximum absolute atomic E-state index is 10.4. The number of unbranched alkanes of at least 4 members (excludes halogenated alkanes) is 14. The highest BCUT2D eigenvalue weighted by atomic mass is 16.5. The molecule has 5 heteroatoms. The van der Waals surface area contributed by atoms with Crippen LogP contribution in [0.15, 0.2) is 58.9 Å². The Bertz CT molecular complexity index is 751. The van der Waals surface area contributed by atoms with Gasteiger partial charge in [-0.1, -0.05) is 101 Å². The number of hydrogen-bond donors (Lipinski definition) is 0.